The summed E-state index contributed by atoms with van der Waals surface area (Å²) in [6, 6.07) is 4.05. The molecule has 1 aromatic carbocycles. The zero-order valence-electron chi connectivity index (χ0n) is 7.23. The van der Waals surface area contributed by atoms with Gasteiger partial charge in [0, 0.05) is 18.4 Å². The lowest BCUT2D eigenvalue weighted by molar-refractivity contribution is 1.36. The summed E-state index contributed by atoms with van der Waals surface area (Å²) in [7, 11) is 1.90. The molecule has 2 nitrogen and oxygen atoms in total. The fourth-order valence-electron chi connectivity index (χ4n) is 1.14. The summed E-state index contributed by atoms with van der Waals surface area (Å²) in [5.74, 6) is 0. The highest BCUT2D eigenvalue weighted by Gasteiger charge is 1.98. The van der Waals surface area contributed by atoms with Crippen molar-refractivity contribution in [2.24, 2.45) is 0 Å². The van der Waals surface area contributed by atoms with Crippen molar-refractivity contribution in [3.8, 4) is 0 Å². The van der Waals surface area contributed by atoms with Crippen molar-refractivity contribution in [1.82, 2.24) is 0 Å². The van der Waals surface area contributed by atoms with Crippen molar-refractivity contribution in [3.63, 3.8) is 0 Å². The van der Waals surface area contributed by atoms with Crippen LogP contribution in [0.4, 0.5) is 11.4 Å². The number of hydrogen-bond acceptors (Lipinski definition) is 2. The van der Waals surface area contributed by atoms with Crippen LogP contribution in [0.1, 0.15) is 11.1 Å². The molecule has 0 saturated carbocycles. The van der Waals surface area contributed by atoms with Gasteiger partial charge in [-0.3, -0.25) is 0 Å². The summed E-state index contributed by atoms with van der Waals surface area (Å²) in [4.78, 5) is 0. The molecule has 0 bridgehead atoms. The zero-order valence-corrected chi connectivity index (χ0v) is 7.23. The minimum atomic E-state index is 0.847. The fraction of sp³-hybridized carbons (Fsp3) is 0.333. The van der Waals surface area contributed by atoms with Crippen molar-refractivity contribution in [2.75, 3.05) is 18.1 Å². The molecular weight excluding hydrogens is 136 g/mol. The fourth-order valence-corrected chi connectivity index (χ4v) is 1.14. The molecule has 0 saturated heterocycles. The Labute approximate surface area is 67.4 Å². The van der Waals surface area contributed by atoms with E-state index >= 15 is 0 Å². The van der Waals surface area contributed by atoms with E-state index in [1.54, 1.807) is 0 Å². The molecule has 1 aromatic rings. The van der Waals surface area contributed by atoms with Gasteiger partial charge in [-0.05, 0) is 31.0 Å². The van der Waals surface area contributed by atoms with Gasteiger partial charge in [0.1, 0.15) is 0 Å². The van der Waals surface area contributed by atoms with Crippen LogP contribution in [0.25, 0.3) is 0 Å². The molecule has 2 heteroatoms. The van der Waals surface area contributed by atoms with Gasteiger partial charge in [0.2, 0.25) is 0 Å². The maximum Gasteiger partial charge on any atom is 0.0388 e. The monoisotopic (exact) mass is 150 g/mol. The van der Waals surface area contributed by atoms with Gasteiger partial charge in [0.25, 0.3) is 0 Å². The minimum Gasteiger partial charge on any atom is -0.398 e. The SMILES string of the molecule is CNc1cc(N)c(C)cc1C. The van der Waals surface area contributed by atoms with E-state index in [1.807, 2.05) is 20.0 Å². The van der Waals surface area contributed by atoms with Gasteiger partial charge < -0.3 is 11.1 Å². The van der Waals surface area contributed by atoms with Gasteiger partial charge in [-0.15, -0.1) is 0 Å². The quantitative estimate of drug-likeness (QED) is 0.600. The number of nitrogen functional groups attached to an aromatic ring is 1. The van der Waals surface area contributed by atoms with Crippen LogP contribution in [0.2, 0.25) is 0 Å². The van der Waals surface area contributed by atoms with E-state index in [9.17, 15) is 0 Å². The molecule has 60 valence electrons. The van der Waals surface area contributed by atoms with Crippen LogP contribution in [0.5, 0.6) is 0 Å². The van der Waals surface area contributed by atoms with Crippen molar-refractivity contribution in [1.29, 1.82) is 0 Å². The Morgan fingerprint density at radius 1 is 1.18 bits per heavy atom. The standard InChI is InChI=1S/C9H14N2/c1-6-4-7(2)9(11-3)5-8(6)10/h4-5,11H,10H2,1-3H3. The van der Waals surface area contributed by atoms with Crippen LogP contribution in [-0.4, -0.2) is 7.05 Å². The predicted molar refractivity (Wildman–Crippen MR) is 49.9 cm³/mol. The molecular formula is C9H14N2. The second-order valence-corrected chi connectivity index (χ2v) is 2.77. The van der Waals surface area contributed by atoms with E-state index in [2.05, 4.69) is 18.3 Å². The molecule has 0 aliphatic heterocycles. The number of benzene rings is 1. The summed E-state index contributed by atoms with van der Waals surface area (Å²) in [5, 5.41) is 3.08. The lowest BCUT2D eigenvalue weighted by Gasteiger charge is -2.07. The molecule has 1 rings (SSSR count). The number of aryl methyl sites for hydroxylation is 2. The summed E-state index contributed by atoms with van der Waals surface area (Å²) in [6.07, 6.45) is 0. The third kappa shape index (κ3) is 1.45. The first-order chi connectivity index (χ1) is 5.15. The average Bonchev–Trinajstić information content (AvgIpc) is 1.97. The first kappa shape index (κ1) is 7.92. The topological polar surface area (TPSA) is 38.0 Å². The Kier molecular flexibility index (Phi) is 2.03. The van der Waals surface area contributed by atoms with E-state index in [0.717, 1.165) is 16.9 Å². The highest BCUT2D eigenvalue weighted by molar-refractivity contribution is 5.62. The molecule has 11 heavy (non-hydrogen) atoms. The van der Waals surface area contributed by atoms with Crippen molar-refractivity contribution in [2.45, 2.75) is 13.8 Å². The molecule has 0 radical (unpaired) electrons. The average molecular weight is 150 g/mol. The summed E-state index contributed by atoms with van der Waals surface area (Å²) >= 11 is 0. The highest BCUT2D eigenvalue weighted by Crippen LogP contribution is 2.21. The Morgan fingerprint density at radius 3 is 2.36 bits per heavy atom. The van der Waals surface area contributed by atoms with Gasteiger partial charge >= 0.3 is 0 Å². The van der Waals surface area contributed by atoms with E-state index in [1.165, 1.54) is 5.56 Å². The smallest absolute Gasteiger partial charge is 0.0388 e. The van der Waals surface area contributed by atoms with Crippen LogP contribution in [-0.2, 0) is 0 Å². The maximum absolute atomic E-state index is 5.73. The Bertz CT molecular complexity index is 267. The Balaban J connectivity index is 3.21. The van der Waals surface area contributed by atoms with E-state index in [0.29, 0.717) is 0 Å². The van der Waals surface area contributed by atoms with Gasteiger partial charge in [0.15, 0.2) is 0 Å². The second kappa shape index (κ2) is 2.82. The van der Waals surface area contributed by atoms with Crippen LogP contribution < -0.4 is 11.1 Å². The van der Waals surface area contributed by atoms with Gasteiger partial charge in [0.05, 0.1) is 0 Å². The lowest BCUT2D eigenvalue weighted by atomic mass is 10.1. The first-order valence-electron chi connectivity index (χ1n) is 3.69. The van der Waals surface area contributed by atoms with E-state index in [-0.39, 0.29) is 0 Å². The largest absolute Gasteiger partial charge is 0.398 e. The molecule has 0 unspecified atom stereocenters. The normalized spacial score (nSPS) is 9.73. The number of anilines is 2. The molecule has 0 aromatic heterocycles. The first-order valence-corrected chi connectivity index (χ1v) is 3.69. The van der Waals surface area contributed by atoms with Crippen molar-refractivity contribution < 1.29 is 0 Å². The van der Waals surface area contributed by atoms with Gasteiger partial charge in [-0.25, -0.2) is 0 Å². The van der Waals surface area contributed by atoms with Crippen LogP contribution in [0, 0.1) is 13.8 Å². The summed E-state index contributed by atoms with van der Waals surface area (Å²) < 4.78 is 0. The maximum atomic E-state index is 5.73. The van der Waals surface area contributed by atoms with Crippen molar-refractivity contribution in [3.05, 3.63) is 23.3 Å². The summed E-state index contributed by atoms with van der Waals surface area (Å²) in [5.41, 5.74) is 10.1. The van der Waals surface area contributed by atoms with Crippen LogP contribution in [0.15, 0.2) is 12.1 Å². The van der Waals surface area contributed by atoms with Gasteiger partial charge in [-0.1, -0.05) is 6.07 Å². The Morgan fingerprint density at radius 2 is 1.82 bits per heavy atom. The third-order valence-electron chi connectivity index (χ3n) is 1.88. The molecule has 0 fully saturated rings. The molecule has 0 aliphatic carbocycles. The molecule has 0 heterocycles. The lowest BCUT2D eigenvalue weighted by Crippen LogP contribution is -1.96. The second-order valence-electron chi connectivity index (χ2n) is 2.77. The Hall–Kier alpha value is -1.18. The minimum absolute atomic E-state index is 0.847. The molecule has 0 amide bonds. The van der Waals surface area contributed by atoms with Crippen LogP contribution >= 0.6 is 0 Å². The van der Waals surface area contributed by atoms with E-state index < -0.39 is 0 Å². The number of rotatable bonds is 1. The number of nitrogens with one attached hydrogen (secondary N) is 1. The highest BCUT2D eigenvalue weighted by atomic mass is 14.8. The van der Waals surface area contributed by atoms with E-state index in [4.69, 9.17) is 5.73 Å². The molecule has 0 spiro atoms. The third-order valence-corrected chi connectivity index (χ3v) is 1.88. The number of nitrogens with two attached hydrogens (primary N) is 1. The predicted octanol–water partition coefficient (Wildman–Crippen LogP) is 1.93. The van der Waals surface area contributed by atoms with Crippen molar-refractivity contribution >= 4 is 11.4 Å². The molecule has 0 aliphatic rings. The van der Waals surface area contributed by atoms with Gasteiger partial charge in [-0.2, -0.15) is 0 Å². The summed E-state index contributed by atoms with van der Waals surface area (Å²) in [6.45, 7) is 4.08. The molecule has 0 atom stereocenters. The van der Waals surface area contributed by atoms with Crippen LogP contribution in [0.3, 0.4) is 0 Å². The zero-order chi connectivity index (χ0) is 8.43. The number of hydrogen-bond donors (Lipinski definition) is 2. The molecule has 3 N–H and O–H groups in total.